The highest BCUT2D eigenvalue weighted by Gasteiger charge is 2.16. The Morgan fingerprint density at radius 1 is 1.42 bits per heavy atom. The molecule has 0 saturated carbocycles. The lowest BCUT2D eigenvalue weighted by atomic mass is 10.0. The number of aliphatic hydroxyl groups is 1. The Balaban J connectivity index is 2.78. The van der Waals surface area contributed by atoms with Crippen LogP contribution in [0.5, 0.6) is 0 Å². The van der Waals surface area contributed by atoms with Crippen molar-refractivity contribution in [2.75, 3.05) is 18.9 Å². The maximum Gasteiger partial charge on any atom is 0.240 e. The molecule has 4 N–H and O–H groups in total. The second-order valence-corrected chi connectivity index (χ2v) is 6.42. The molecule has 0 aromatic heterocycles. The molecule has 0 fully saturated rings. The van der Waals surface area contributed by atoms with Crippen LogP contribution in [0.3, 0.4) is 0 Å². The quantitative estimate of drug-likeness (QED) is 0.658. The molecule has 0 aliphatic heterocycles. The zero-order valence-corrected chi connectivity index (χ0v) is 12.2. The van der Waals surface area contributed by atoms with Crippen LogP contribution in [0.15, 0.2) is 23.1 Å². The van der Waals surface area contributed by atoms with E-state index < -0.39 is 10.0 Å². The number of hydrogen-bond acceptors (Lipinski definition) is 4. The maximum absolute atomic E-state index is 12.1. The normalized spacial score (nSPS) is 13.4. The number of hydrogen-bond donors (Lipinski definition) is 3. The van der Waals surface area contributed by atoms with E-state index in [-0.39, 0.29) is 17.4 Å². The fourth-order valence-corrected chi connectivity index (χ4v) is 2.88. The van der Waals surface area contributed by atoms with Gasteiger partial charge in [0, 0.05) is 18.8 Å². The van der Waals surface area contributed by atoms with Gasteiger partial charge in [-0.05, 0) is 37.0 Å². The Hall–Kier alpha value is -1.11. The lowest BCUT2D eigenvalue weighted by Gasteiger charge is -2.15. The van der Waals surface area contributed by atoms with E-state index in [9.17, 15) is 8.42 Å². The molecule has 0 bridgehead atoms. The van der Waals surface area contributed by atoms with Gasteiger partial charge in [-0.25, -0.2) is 13.1 Å². The molecule has 19 heavy (non-hydrogen) atoms. The molecule has 0 spiro atoms. The molecule has 108 valence electrons. The summed E-state index contributed by atoms with van der Waals surface area (Å²) in [5.74, 6) is 0.141. The number of aryl methyl sites for hydroxylation is 1. The molecule has 0 radical (unpaired) electrons. The van der Waals surface area contributed by atoms with Gasteiger partial charge in [0.2, 0.25) is 10.0 Å². The summed E-state index contributed by atoms with van der Waals surface area (Å²) in [5.41, 5.74) is 7.04. The van der Waals surface area contributed by atoms with Crippen LogP contribution in [0, 0.1) is 12.8 Å². The smallest absolute Gasteiger partial charge is 0.240 e. The van der Waals surface area contributed by atoms with E-state index in [0.717, 1.165) is 12.0 Å². The van der Waals surface area contributed by atoms with Crippen molar-refractivity contribution in [1.29, 1.82) is 0 Å². The van der Waals surface area contributed by atoms with E-state index in [0.29, 0.717) is 18.7 Å². The number of nitrogens with one attached hydrogen (secondary N) is 1. The molecule has 0 saturated heterocycles. The number of nitrogens with two attached hydrogens (primary N) is 1. The van der Waals surface area contributed by atoms with Crippen molar-refractivity contribution in [3.05, 3.63) is 23.8 Å². The second kappa shape index (κ2) is 6.88. The first kappa shape index (κ1) is 15.9. The Kier molecular flexibility index (Phi) is 5.78. The third-order valence-electron chi connectivity index (χ3n) is 3.24. The number of anilines is 1. The summed E-state index contributed by atoms with van der Waals surface area (Å²) in [6.07, 6.45) is 1.41. The summed E-state index contributed by atoms with van der Waals surface area (Å²) >= 11 is 0. The highest BCUT2D eigenvalue weighted by Crippen LogP contribution is 2.17. The van der Waals surface area contributed by atoms with E-state index in [1.807, 2.05) is 13.8 Å². The Labute approximate surface area is 114 Å². The van der Waals surface area contributed by atoms with Crippen LogP contribution in [0.1, 0.15) is 25.3 Å². The first-order valence-electron chi connectivity index (χ1n) is 6.37. The fourth-order valence-electron chi connectivity index (χ4n) is 1.73. The van der Waals surface area contributed by atoms with Crippen LogP contribution in [0.25, 0.3) is 0 Å². The summed E-state index contributed by atoms with van der Waals surface area (Å²) < 4.78 is 26.7. The highest BCUT2D eigenvalue weighted by atomic mass is 32.2. The van der Waals surface area contributed by atoms with Gasteiger partial charge in [-0.2, -0.15) is 0 Å². The molecule has 0 amide bonds. The molecule has 1 aromatic rings. The van der Waals surface area contributed by atoms with Crippen LogP contribution >= 0.6 is 0 Å². The molecule has 6 heteroatoms. The molecule has 5 nitrogen and oxygen atoms in total. The largest absolute Gasteiger partial charge is 0.398 e. The standard InChI is InChI=1S/C13H22N2O3S/c1-3-11(6-7-16)9-15-19(17,18)12-5-4-10(2)13(14)8-12/h4-5,8,11,15-16H,3,6-7,9,14H2,1-2H3. The average molecular weight is 286 g/mol. The maximum atomic E-state index is 12.1. The predicted molar refractivity (Wildman–Crippen MR) is 76.3 cm³/mol. The first-order chi connectivity index (χ1) is 8.90. The zero-order valence-electron chi connectivity index (χ0n) is 11.4. The Morgan fingerprint density at radius 3 is 2.63 bits per heavy atom. The second-order valence-electron chi connectivity index (χ2n) is 4.66. The number of nitrogen functional groups attached to an aromatic ring is 1. The van der Waals surface area contributed by atoms with Crippen LogP contribution < -0.4 is 10.5 Å². The summed E-state index contributed by atoms with van der Waals surface area (Å²) in [5, 5.41) is 8.89. The third-order valence-corrected chi connectivity index (χ3v) is 4.66. The van der Waals surface area contributed by atoms with Crippen LogP contribution in [0.4, 0.5) is 5.69 Å². The minimum atomic E-state index is -3.53. The minimum absolute atomic E-state index is 0.0672. The van der Waals surface area contributed by atoms with Crippen molar-refractivity contribution in [2.24, 2.45) is 5.92 Å². The zero-order chi connectivity index (χ0) is 14.5. The highest BCUT2D eigenvalue weighted by molar-refractivity contribution is 7.89. The van der Waals surface area contributed by atoms with Crippen molar-refractivity contribution < 1.29 is 13.5 Å². The number of benzene rings is 1. The Morgan fingerprint density at radius 2 is 2.11 bits per heavy atom. The molecule has 1 atom stereocenters. The average Bonchev–Trinajstić information content (AvgIpc) is 2.37. The molecule has 0 aliphatic rings. The lowest BCUT2D eigenvalue weighted by molar-refractivity contribution is 0.254. The van der Waals surface area contributed by atoms with Gasteiger partial charge in [0.15, 0.2) is 0 Å². The molecular weight excluding hydrogens is 264 g/mol. The van der Waals surface area contributed by atoms with Crippen molar-refractivity contribution in [1.82, 2.24) is 4.72 Å². The lowest BCUT2D eigenvalue weighted by Crippen LogP contribution is -2.29. The van der Waals surface area contributed by atoms with Crippen molar-refractivity contribution >= 4 is 15.7 Å². The third kappa shape index (κ3) is 4.49. The van der Waals surface area contributed by atoms with Gasteiger partial charge in [0.05, 0.1) is 4.90 Å². The van der Waals surface area contributed by atoms with Crippen molar-refractivity contribution in [3.63, 3.8) is 0 Å². The summed E-state index contributed by atoms with van der Waals surface area (Å²) in [6, 6.07) is 4.70. The number of aliphatic hydroxyl groups excluding tert-OH is 1. The first-order valence-corrected chi connectivity index (χ1v) is 7.85. The van der Waals surface area contributed by atoms with Crippen molar-refractivity contribution in [2.45, 2.75) is 31.6 Å². The number of rotatable bonds is 7. The van der Waals surface area contributed by atoms with Crippen molar-refractivity contribution in [3.8, 4) is 0 Å². The topological polar surface area (TPSA) is 92.4 Å². The Bertz CT molecular complexity index is 515. The predicted octanol–water partition coefficient (Wildman–Crippen LogP) is 1.26. The van der Waals surface area contributed by atoms with E-state index in [1.165, 1.54) is 6.07 Å². The summed E-state index contributed by atoms with van der Waals surface area (Å²) in [6.45, 7) is 4.19. The monoisotopic (exact) mass is 286 g/mol. The number of sulfonamides is 1. The van der Waals surface area contributed by atoms with Gasteiger partial charge in [0.25, 0.3) is 0 Å². The molecule has 0 heterocycles. The molecule has 1 unspecified atom stereocenters. The molecule has 0 aliphatic carbocycles. The fraction of sp³-hybridized carbons (Fsp3) is 0.538. The van der Waals surface area contributed by atoms with E-state index in [2.05, 4.69) is 4.72 Å². The minimum Gasteiger partial charge on any atom is -0.398 e. The van der Waals surface area contributed by atoms with Crippen LogP contribution in [-0.2, 0) is 10.0 Å². The summed E-state index contributed by atoms with van der Waals surface area (Å²) in [7, 11) is -3.53. The van der Waals surface area contributed by atoms with Gasteiger partial charge < -0.3 is 10.8 Å². The summed E-state index contributed by atoms with van der Waals surface area (Å²) in [4.78, 5) is 0.175. The van der Waals surface area contributed by atoms with E-state index >= 15 is 0 Å². The SMILES string of the molecule is CCC(CCO)CNS(=O)(=O)c1ccc(C)c(N)c1. The van der Waals surface area contributed by atoms with Gasteiger partial charge in [0.1, 0.15) is 0 Å². The van der Waals surface area contributed by atoms with Gasteiger partial charge >= 0.3 is 0 Å². The van der Waals surface area contributed by atoms with Gasteiger partial charge in [-0.15, -0.1) is 0 Å². The molecule has 1 aromatic carbocycles. The molecular formula is C13H22N2O3S. The van der Waals surface area contributed by atoms with Gasteiger partial charge in [-0.1, -0.05) is 19.4 Å². The van der Waals surface area contributed by atoms with Gasteiger partial charge in [-0.3, -0.25) is 0 Å². The van der Waals surface area contributed by atoms with Crippen LogP contribution in [-0.4, -0.2) is 26.7 Å². The molecule has 1 rings (SSSR count). The van der Waals surface area contributed by atoms with E-state index in [1.54, 1.807) is 12.1 Å². The van der Waals surface area contributed by atoms with Crippen LogP contribution in [0.2, 0.25) is 0 Å². The van der Waals surface area contributed by atoms with E-state index in [4.69, 9.17) is 10.8 Å².